The van der Waals surface area contributed by atoms with Gasteiger partial charge < -0.3 is 15.2 Å². The molecule has 0 amide bonds. The van der Waals surface area contributed by atoms with E-state index in [1.165, 1.54) is 5.56 Å². The van der Waals surface area contributed by atoms with E-state index < -0.39 is 0 Å². The Morgan fingerprint density at radius 3 is 2.60 bits per heavy atom. The summed E-state index contributed by atoms with van der Waals surface area (Å²) in [6.45, 7) is 9.41. The maximum Gasteiger partial charge on any atom is 0.122 e. The van der Waals surface area contributed by atoms with Gasteiger partial charge in [-0.3, -0.25) is 0 Å². The Morgan fingerprint density at radius 2 is 2.00 bits per heavy atom. The van der Waals surface area contributed by atoms with Gasteiger partial charge in [0.15, 0.2) is 0 Å². The molecular weight excluding hydrogens is 250 g/mol. The summed E-state index contributed by atoms with van der Waals surface area (Å²) in [5.74, 6) is 0.957. The number of rotatable bonds is 9. The zero-order valence-electron chi connectivity index (χ0n) is 13.3. The van der Waals surface area contributed by atoms with Crippen molar-refractivity contribution in [2.75, 3.05) is 13.2 Å². The Hall–Kier alpha value is -1.06. The number of hydrogen-bond acceptors (Lipinski definition) is 3. The molecule has 114 valence electrons. The Labute approximate surface area is 123 Å². The van der Waals surface area contributed by atoms with Gasteiger partial charge in [0.25, 0.3) is 0 Å². The number of nitrogens with one attached hydrogen (secondary N) is 1. The minimum atomic E-state index is -0.281. The zero-order valence-corrected chi connectivity index (χ0v) is 13.3. The fraction of sp³-hybridized carbons (Fsp3) is 0.647. The largest absolute Gasteiger partial charge is 0.490 e. The molecule has 2 unspecified atom stereocenters. The van der Waals surface area contributed by atoms with Gasteiger partial charge in [0, 0.05) is 12.0 Å². The van der Waals surface area contributed by atoms with E-state index in [0.717, 1.165) is 31.6 Å². The molecule has 0 fully saturated rings. The van der Waals surface area contributed by atoms with Gasteiger partial charge in [0.1, 0.15) is 5.75 Å². The molecule has 0 heterocycles. The van der Waals surface area contributed by atoms with Gasteiger partial charge >= 0.3 is 0 Å². The summed E-state index contributed by atoms with van der Waals surface area (Å²) in [7, 11) is 0. The van der Waals surface area contributed by atoms with E-state index >= 15 is 0 Å². The van der Waals surface area contributed by atoms with Gasteiger partial charge in [-0.2, -0.15) is 0 Å². The monoisotopic (exact) mass is 279 g/mol. The molecule has 0 saturated heterocycles. The third kappa shape index (κ3) is 5.14. The summed E-state index contributed by atoms with van der Waals surface area (Å²) in [4.78, 5) is 0. The van der Waals surface area contributed by atoms with E-state index in [2.05, 4.69) is 32.2 Å². The van der Waals surface area contributed by atoms with Crippen LogP contribution in [0.4, 0.5) is 0 Å². The first-order valence-electron chi connectivity index (χ1n) is 7.65. The molecule has 2 N–H and O–H groups in total. The highest BCUT2D eigenvalue weighted by Crippen LogP contribution is 2.22. The van der Waals surface area contributed by atoms with Crippen LogP contribution < -0.4 is 10.1 Å². The predicted molar refractivity (Wildman–Crippen MR) is 84.3 cm³/mol. The second-order valence-corrected chi connectivity index (χ2v) is 5.74. The number of aliphatic hydroxyl groups is 1. The van der Waals surface area contributed by atoms with Crippen LogP contribution in [0, 0.1) is 0 Å². The molecule has 0 saturated carbocycles. The molecule has 0 aromatic heterocycles. The van der Waals surface area contributed by atoms with E-state index in [9.17, 15) is 5.11 Å². The number of hydrogen-bond donors (Lipinski definition) is 2. The quantitative estimate of drug-likeness (QED) is 0.729. The lowest BCUT2D eigenvalue weighted by Crippen LogP contribution is -2.48. The SMILES string of the molecule is CCCNC(C)(CO)CC(C)Oc1ccccc1CC. The van der Waals surface area contributed by atoms with Crippen LogP contribution in [-0.2, 0) is 6.42 Å². The van der Waals surface area contributed by atoms with Crippen molar-refractivity contribution < 1.29 is 9.84 Å². The van der Waals surface area contributed by atoms with Crippen LogP contribution in [0.1, 0.15) is 46.1 Å². The Bertz CT molecular complexity index is 394. The van der Waals surface area contributed by atoms with E-state index in [-0.39, 0.29) is 18.2 Å². The van der Waals surface area contributed by atoms with Crippen LogP contribution in [0.25, 0.3) is 0 Å². The average Bonchev–Trinajstić information content (AvgIpc) is 2.45. The summed E-state index contributed by atoms with van der Waals surface area (Å²) < 4.78 is 6.06. The van der Waals surface area contributed by atoms with Crippen LogP contribution >= 0.6 is 0 Å². The summed E-state index contributed by atoms with van der Waals surface area (Å²) in [5, 5.41) is 13.0. The van der Waals surface area contributed by atoms with Crippen molar-refractivity contribution in [3.05, 3.63) is 29.8 Å². The summed E-state index contributed by atoms with van der Waals surface area (Å²) in [6, 6.07) is 8.16. The molecule has 3 nitrogen and oxygen atoms in total. The van der Waals surface area contributed by atoms with Crippen molar-refractivity contribution in [1.29, 1.82) is 0 Å². The Kier molecular flexibility index (Phi) is 7.03. The first kappa shape index (κ1) is 17.0. The van der Waals surface area contributed by atoms with Gasteiger partial charge in [-0.05, 0) is 44.9 Å². The lowest BCUT2D eigenvalue weighted by molar-refractivity contribution is 0.109. The fourth-order valence-electron chi connectivity index (χ4n) is 2.42. The van der Waals surface area contributed by atoms with E-state index in [0.29, 0.717) is 0 Å². The van der Waals surface area contributed by atoms with Gasteiger partial charge in [0.2, 0.25) is 0 Å². The molecule has 0 aliphatic carbocycles. The molecule has 0 spiro atoms. The van der Waals surface area contributed by atoms with Crippen molar-refractivity contribution in [2.24, 2.45) is 0 Å². The van der Waals surface area contributed by atoms with Crippen molar-refractivity contribution >= 4 is 0 Å². The molecule has 0 bridgehead atoms. The molecule has 20 heavy (non-hydrogen) atoms. The van der Waals surface area contributed by atoms with Crippen LogP contribution in [-0.4, -0.2) is 29.9 Å². The Morgan fingerprint density at radius 1 is 1.30 bits per heavy atom. The predicted octanol–water partition coefficient (Wildman–Crippen LogP) is 3.16. The average molecular weight is 279 g/mol. The molecule has 0 aliphatic rings. The van der Waals surface area contributed by atoms with E-state index in [1.54, 1.807) is 0 Å². The highest BCUT2D eigenvalue weighted by molar-refractivity contribution is 5.33. The second kappa shape index (κ2) is 8.28. The summed E-state index contributed by atoms with van der Waals surface area (Å²) in [6.07, 6.45) is 2.86. The molecule has 1 aromatic rings. The third-order valence-electron chi connectivity index (χ3n) is 3.57. The zero-order chi connectivity index (χ0) is 15.0. The Balaban J connectivity index is 2.63. The fourth-order valence-corrected chi connectivity index (χ4v) is 2.42. The molecule has 1 aromatic carbocycles. The molecule has 0 aliphatic heterocycles. The van der Waals surface area contributed by atoms with Crippen molar-refractivity contribution in [2.45, 2.75) is 58.6 Å². The lowest BCUT2D eigenvalue weighted by Gasteiger charge is -2.32. The number of ether oxygens (including phenoxy) is 1. The first-order valence-corrected chi connectivity index (χ1v) is 7.65. The van der Waals surface area contributed by atoms with E-state index in [1.807, 2.05) is 25.1 Å². The van der Waals surface area contributed by atoms with Crippen LogP contribution in [0.15, 0.2) is 24.3 Å². The number of aliphatic hydroxyl groups excluding tert-OH is 1. The molecule has 2 atom stereocenters. The van der Waals surface area contributed by atoms with Crippen LogP contribution in [0.5, 0.6) is 5.75 Å². The van der Waals surface area contributed by atoms with Crippen LogP contribution in [0.2, 0.25) is 0 Å². The summed E-state index contributed by atoms with van der Waals surface area (Å²) >= 11 is 0. The van der Waals surface area contributed by atoms with Crippen molar-refractivity contribution in [3.63, 3.8) is 0 Å². The molecular formula is C17H29NO2. The number of aryl methyl sites for hydroxylation is 1. The summed E-state index contributed by atoms with van der Waals surface area (Å²) in [5.41, 5.74) is 0.947. The highest BCUT2D eigenvalue weighted by atomic mass is 16.5. The smallest absolute Gasteiger partial charge is 0.122 e. The van der Waals surface area contributed by atoms with Gasteiger partial charge in [-0.1, -0.05) is 32.0 Å². The molecule has 0 radical (unpaired) electrons. The second-order valence-electron chi connectivity index (χ2n) is 5.74. The number of para-hydroxylation sites is 1. The highest BCUT2D eigenvalue weighted by Gasteiger charge is 2.26. The first-order chi connectivity index (χ1) is 9.54. The van der Waals surface area contributed by atoms with Crippen molar-refractivity contribution in [3.8, 4) is 5.75 Å². The maximum absolute atomic E-state index is 9.61. The standard InChI is InChI=1S/C17H29NO2/c1-5-11-18-17(4,13-19)12-14(3)20-16-10-8-7-9-15(16)6-2/h7-10,14,18-19H,5-6,11-13H2,1-4H3. The topological polar surface area (TPSA) is 41.5 Å². The van der Waals surface area contributed by atoms with Gasteiger partial charge in [-0.25, -0.2) is 0 Å². The van der Waals surface area contributed by atoms with Gasteiger partial charge in [0.05, 0.1) is 12.7 Å². The van der Waals surface area contributed by atoms with Gasteiger partial charge in [-0.15, -0.1) is 0 Å². The van der Waals surface area contributed by atoms with Crippen LogP contribution in [0.3, 0.4) is 0 Å². The minimum Gasteiger partial charge on any atom is -0.490 e. The normalized spacial score (nSPS) is 15.7. The minimum absolute atomic E-state index is 0.0595. The van der Waals surface area contributed by atoms with E-state index in [4.69, 9.17) is 4.74 Å². The third-order valence-corrected chi connectivity index (χ3v) is 3.57. The maximum atomic E-state index is 9.61. The number of benzene rings is 1. The van der Waals surface area contributed by atoms with Crippen molar-refractivity contribution in [1.82, 2.24) is 5.32 Å². The molecule has 1 rings (SSSR count). The lowest BCUT2D eigenvalue weighted by atomic mass is 9.95. The molecule has 3 heteroatoms.